The number of nitriles is 1. The molecule has 180 valence electrons. The van der Waals surface area contributed by atoms with Crippen molar-refractivity contribution in [2.45, 2.75) is 11.4 Å². The molecule has 1 heterocycles. The van der Waals surface area contributed by atoms with Gasteiger partial charge in [0.2, 0.25) is 5.96 Å². The Labute approximate surface area is 218 Å². The molecule has 0 saturated carbocycles. The molecule has 4 rings (SSSR count). The van der Waals surface area contributed by atoms with Crippen LogP contribution in [0.2, 0.25) is 10.0 Å². The second kappa shape index (κ2) is 10.8. The number of pyridine rings is 1. The summed E-state index contributed by atoms with van der Waals surface area (Å²) in [6.07, 6.45) is 1.66. The van der Waals surface area contributed by atoms with Crippen molar-refractivity contribution in [1.29, 1.82) is 5.26 Å². The van der Waals surface area contributed by atoms with Crippen molar-refractivity contribution >= 4 is 39.2 Å². The third-order valence-electron chi connectivity index (χ3n) is 5.16. The maximum atomic E-state index is 12.6. The summed E-state index contributed by atoms with van der Waals surface area (Å²) >= 11 is 12.1. The maximum absolute atomic E-state index is 12.6. The van der Waals surface area contributed by atoms with E-state index >= 15 is 0 Å². The summed E-state index contributed by atoms with van der Waals surface area (Å²) in [6.45, 7) is 0.0844. The van der Waals surface area contributed by atoms with E-state index in [0.29, 0.717) is 15.6 Å². The van der Waals surface area contributed by atoms with Crippen LogP contribution in [0.5, 0.6) is 0 Å². The fourth-order valence-corrected chi connectivity index (χ4v) is 4.67. The van der Waals surface area contributed by atoms with Crippen LogP contribution in [0, 0.1) is 11.3 Å². The Balaban J connectivity index is 1.62. The average molecular weight is 536 g/mol. The number of aromatic nitrogens is 1. The van der Waals surface area contributed by atoms with E-state index in [1.54, 1.807) is 30.5 Å². The molecule has 0 aliphatic carbocycles. The molecule has 0 fully saturated rings. The minimum atomic E-state index is -3.99. The van der Waals surface area contributed by atoms with Gasteiger partial charge in [0.1, 0.15) is 0 Å². The smallest absolute Gasteiger partial charge is 0.264 e. The van der Waals surface area contributed by atoms with E-state index in [2.05, 4.69) is 14.7 Å². The molecule has 10 heteroatoms. The molecular weight excluding hydrogens is 517 g/mol. The molecule has 7 nitrogen and oxygen atoms in total. The quantitative estimate of drug-likeness (QED) is 0.253. The number of guanidine groups is 1. The van der Waals surface area contributed by atoms with Gasteiger partial charge in [-0.3, -0.25) is 4.98 Å². The molecule has 0 radical (unpaired) electrons. The van der Waals surface area contributed by atoms with Crippen LogP contribution >= 0.6 is 23.2 Å². The van der Waals surface area contributed by atoms with Gasteiger partial charge < -0.3 is 5.73 Å². The summed E-state index contributed by atoms with van der Waals surface area (Å²) in [5.74, 6) is -0.285. The highest BCUT2D eigenvalue weighted by atomic mass is 35.5. The van der Waals surface area contributed by atoms with Gasteiger partial charge in [-0.15, -0.1) is 0 Å². The van der Waals surface area contributed by atoms with E-state index in [-0.39, 0.29) is 23.0 Å². The molecular formula is C26H19Cl2N5O2S. The Morgan fingerprint density at radius 3 is 2.25 bits per heavy atom. The normalized spacial score (nSPS) is 11.6. The SMILES string of the molecule is N#Cc1cccc(S(=O)(=O)NC(N)=NCc2cnc(-c3ccc(Cl)cc3)c(-c3ccc(Cl)cc3)c2)c1. The Morgan fingerprint density at radius 1 is 0.972 bits per heavy atom. The first-order chi connectivity index (χ1) is 17.2. The molecule has 4 aromatic rings. The van der Waals surface area contributed by atoms with Gasteiger partial charge in [-0.05, 0) is 59.7 Å². The molecule has 0 bridgehead atoms. The van der Waals surface area contributed by atoms with E-state index in [0.717, 1.165) is 22.4 Å². The van der Waals surface area contributed by atoms with Crippen LogP contribution in [0.25, 0.3) is 22.4 Å². The number of nitrogens with one attached hydrogen (secondary N) is 1. The van der Waals surface area contributed by atoms with Crippen molar-refractivity contribution < 1.29 is 8.42 Å². The number of benzene rings is 3. The Hall–Kier alpha value is -3.90. The third-order valence-corrected chi connectivity index (χ3v) is 7.02. The number of hydrogen-bond donors (Lipinski definition) is 2. The van der Waals surface area contributed by atoms with Crippen molar-refractivity contribution in [3.05, 3.63) is 106 Å². The fourth-order valence-electron chi connectivity index (χ4n) is 3.42. The minimum absolute atomic E-state index is 0.0844. The molecule has 0 atom stereocenters. The zero-order chi connectivity index (χ0) is 25.7. The van der Waals surface area contributed by atoms with Gasteiger partial charge in [0.15, 0.2) is 0 Å². The predicted octanol–water partition coefficient (Wildman–Crippen LogP) is 5.39. The predicted molar refractivity (Wildman–Crippen MR) is 142 cm³/mol. The number of hydrogen-bond acceptors (Lipinski definition) is 5. The van der Waals surface area contributed by atoms with Crippen LogP contribution in [0.3, 0.4) is 0 Å². The van der Waals surface area contributed by atoms with Gasteiger partial charge in [-0.25, -0.2) is 18.1 Å². The van der Waals surface area contributed by atoms with Crippen LogP contribution < -0.4 is 10.5 Å². The summed E-state index contributed by atoms with van der Waals surface area (Å²) in [6, 6.07) is 24.2. The summed E-state index contributed by atoms with van der Waals surface area (Å²) in [7, 11) is -3.99. The van der Waals surface area contributed by atoms with Gasteiger partial charge in [0.05, 0.1) is 28.8 Å². The number of halogens is 2. The first kappa shape index (κ1) is 25.2. The standard InChI is InChI=1S/C26H19Cl2N5O2S/c27-21-8-4-19(5-9-21)24-13-18(15-31-25(24)20-6-10-22(28)11-7-20)16-32-26(30)33-36(34,35)23-3-1-2-17(12-23)14-29/h1-13,15H,16H2,(H3,30,32,33). The lowest BCUT2D eigenvalue weighted by Gasteiger charge is -2.12. The monoisotopic (exact) mass is 535 g/mol. The van der Waals surface area contributed by atoms with E-state index in [1.165, 1.54) is 24.3 Å². The van der Waals surface area contributed by atoms with Crippen LogP contribution in [0.15, 0.2) is 94.9 Å². The lowest BCUT2D eigenvalue weighted by molar-refractivity contribution is 0.592. The second-order valence-electron chi connectivity index (χ2n) is 7.70. The Morgan fingerprint density at radius 2 is 1.61 bits per heavy atom. The summed E-state index contributed by atoms with van der Waals surface area (Å²) in [5, 5.41) is 10.2. The van der Waals surface area contributed by atoms with Gasteiger partial charge in [0, 0.05) is 27.4 Å². The highest BCUT2D eigenvalue weighted by Gasteiger charge is 2.16. The number of rotatable bonds is 6. The molecule has 3 aromatic carbocycles. The number of nitrogens with two attached hydrogens (primary N) is 1. The van der Waals surface area contributed by atoms with Crippen molar-refractivity contribution in [2.24, 2.45) is 10.7 Å². The van der Waals surface area contributed by atoms with E-state index in [9.17, 15) is 8.42 Å². The highest BCUT2D eigenvalue weighted by Crippen LogP contribution is 2.32. The van der Waals surface area contributed by atoms with Crippen LogP contribution in [0.4, 0.5) is 0 Å². The molecule has 3 N–H and O–H groups in total. The fraction of sp³-hybridized carbons (Fsp3) is 0.0385. The number of nitrogens with zero attached hydrogens (tertiary/aromatic N) is 3. The number of aliphatic imine (C=N–C) groups is 1. The first-order valence-corrected chi connectivity index (χ1v) is 12.8. The van der Waals surface area contributed by atoms with Crippen molar-refractivity contribution in [3.63, 3.8) is 0 Å². The lowest BCUT2D eigenvalue weighted by atomic mass is 9.98. The van der Waals surface area contributed by atoms with Gasteiger partial charge >= 0.3 is 0 Å². The molecule has 0 aliphatic heterocycles. The topological polar surface area (TPSA) is 121 Å². The second-order valence-corrected chi connectivity index (χ2v) is 10.3. The van der Waals surface area contributed by atoms with Crippen LogP contribution in [-0.4, -0.2) is 19.4 Å². The Bertz CT molecular complexity index is 1580. The van der Waals surface area contributed by atoms with Gasteiger partial charge in [0.25, 0.3) is 10.0 Å². The van der Waals surface area contributed by atoms with Crippen molar-refractivity contribution in [2.75, 3.05) is 0 Å². The summed E-state index contributed by atoms with van der Waals surface area (Å²) < 4.78 is 27.4. The first-order valence-electron chi connectivity index (χ1n) is 10.6. The molecule has 0 saturated heterocycles. The molecule has 36 heavy (non-hydrogen) atoms. The maximum Gasteiger partial charge on any atom is 0.264 e. The molecule has 0 aliphatic rings. The van der Waals surface area contributed by atoms with E-state index in [4.69, 9.17) is 34.2 Å². The van der Waals surface area contributed by atoms with Crippen LogP contribution in [0.1, 0.15) is 11.1 Å². The molecule has 0 amide bonds. The van der Waals surface area contributed by atoms with Gasteiger partial charge in [-0.2, -0.15) is 5.26 Å². The lowest BCUT2D eigenvalue weighted by Crippen LogP contribution is -2.36. The third kappa shape index (κ3) is 6.01. The van der Waals surface area contributed by atoms with E-state index < -0.39 is 10.0 Å². The Kier molecular flexibility index (Phi) is 7.55. The molecule has 0 unspecified atom stereocenters. The zero-order valence-electron chi connectivity index (χ0n) is 18.7. The minimum Gasteiger partial charge on any atom is -0.369 e. The van der Waals surface area contributed by atoms with Gasteiger partial charge in [-0.1, -0.05) is 53.5 Å². The highest BCUT2D eigenvalue weighted by molar-refractivity contribution is 7.90. The zero-order valence-corrected chi connectivity index (χ0v) is 21.0. The van der Waals surface area contributed by atoms with E-state index in [1.807, 2.05) is 36.4 Å². The van der Waals surface area contributed by atoms with Crippen molar-refractivity contribution in [1.82, 2.24) is 9.71 Å². The summed E-state index contributed by atoms with van der Waals surface area (Å²) in [5.41, 5.74) is 10.2. The summed E-state index contributed by atoms with van der Waals surface area (Å²) in [4.78, 5) is 8.73. The largest absolute Gasteiger partial charge is 0.369 e. The van der Waals surface area contributed by atoms with Crippen LogP contribution in [-0.2, 0) is 16.6 Å². The molecule has 0 spiro atoms. The molecule has 1 aromatic heterocycles. The average Bonchev–Trinajstić information content (AvgIpc) is 2.88. The number of sulfonamides is 1. The van der Waals surface area contributed by atoms with Crippen molar-refractivity contribution in [3.8, 4) is 28.5 Å².